The molecule has 1 aromatic carbocycles. The molecule has 0 spiro atoms. The molecule has 23 heavy (non-hydrogen) atoms. The fourth-order valence-electron chi connectivity index (χ4n) is 2.20. The highest BCUT2D eigenvalue weighted by molar-refractivity contribution is 7.98. The number of carbonyl (C=O) groups is 1. The van der Waals surface area contributed by atoms with Crippen LogP contribution >= 0.6 is 23.4 Å². The van der Waals surface area contributed by atoms with Gasteiger partial charge in [0, 0.05) is 12.4 Å². The lowest BCUT2D eigenvalue weighted by Crippen LogP contribution is -2.21. The van der Waals surface area contributed by atoms with Gasteiger partial charge in [0.1, 0.15) is 11.5 Å². The second kappa shape index (κ2) is 6.10. The number of aldehydes is 1. The molecule has 0 aliphatic carbocycles. The van der Waals surface area contributed by atoms with Gasteiger partial charge in [-0.3, -0.25) is 14.2 Å². The van der Waals surface area contributed by atoms with Crippen molar-refractivity contribution >= 4 is 40.6 Å². The number of para-hydroxylation sites is 1. The Kier molecular flexibility index (Phi) is 4.14. The van der Waals surface area contributed by atoms with E-state index in [2.05, 4.69) is 9.97 Å². The van der Waals surface area contributed by atoms with Gasteiger partial charge in [-0.25, -0.2) is 14.4 Å². The summed E-state index contributed by atoms with van der Waals surface area (Å²) in [6.45, 7) is 0. The van der Waals surface area contributed by atoms with Crippen molar-refractivity contribution in [2.24, 2.45) is 0 Å². The molecule has 0 fully saturated rings. The molecule has 0 N–H and O–H groups in total. The number of fused-ring (bicyclic) bond motifs is 1. The molecule has 3 aromatic rings. The van der Waals surface area contributed by atoms with Crippen LogP contribution in [0.3, 0.4) is 0 Å². The highest BCUT2D eigenvalue weighted by atomic mass is 35.5. The van der Waals surface area contributed by atoms with Crippen LogP contribution < -0.4 is 5.56 Å². The fraction of sp³-hybridized carbons (Fsp3) is 0.0667. The summed E-state index contributed by atoms with van der Waals surface area (Å²) in [7, 11) is 0. The Morgan fingerprint density at radius 3 is 2.83 bits per heavy atom. The highest BCUT2D eigenvalue weighted by Gasteiger charge is 2.16. The van der Waals surface area contributed by atoms with Gasteiger partial charge in [-0.15, -0.1) is 0 Å². The molecule has 0 atom stereocenters. The molecule has 2 aromatic heterocycles. The smallest absolute Gasteiger partial charge is 0.266 e. The van der Waals surface area contributed by atoms with Crippen LogP contribution in [0.4, 0.5) is 4.39 Å². The molecule has 0 saturated heterocycles. The lowest BCUT2D eigenvalue weighted by Gasteiger charge is -2.11. The normalized spacial score (nSPS) is 10.9. The van der Waals surface area contributed by atoms with Gasteiger partial charge in [-0.1, -0.05) is 29.4 Å². The molecule has 0 radical (unpaired) electrons. The van der Waals surface area contributed by atoms with Gasteiger partial charge in [0.2, 0.25) is 0 Å². The highest BCUT2D eigenvalue weighted by Crippen LogP contribution is 2.24. The van der Waals surface area contributed by atoms with Crippen molar-refractivity contribution in [2.45, 2.75) is 5.16 Å². The van der Waals surface area contributed by atoms with Gasteiger partial charge in [0.05, 0.1) is 21.5 Å². The van der Waals surface area contributed by atoms with E-state index in [9.17, 15) is 14.0 Å². The number of benzene rings is 1. The minimum atomic E-state index is -0.669. The minimum absolute atomic E-state index is 0.0601. The maximum absolute atomic E-state index is 14.1. The van der Waals surface area contributed by atoms with Crippen molar-refractivity contribution in [3.8, 4) is 5.69 Å². The summed E-state index contributed by atoms with van der Waals surface area (Å²) in [6.07, 6.45) is 4.90. The summed E-state index contributed by atoms with van der Waals surface area (Å²) in [6, 6.07) is 4.08. The van der Waals surface area contributed by atoms with Crippen molar-refractivity contribution < 1.29 is 9.18 Å². The predicted octanol–water partition coefficient (Wildman–Crippen LogP) is 3.11. The minimum Gasteiger partial charge on any atom is -0.298 e. The molecule has 0 aliphatic rings. The summed E-state index contributed by atoms with van der Waals surface area (Å²) in [5.74, 6) is -0.669. The molecule has 0 unspecified atom stereocenters. The van der Waals surface area contributed by atoms with Crippen LogP contribution in [0.2, 0.25) is 5.02 Å². The van der Waals surface area contributed by atoms with Gasteiger partial charge in [0.15, 0.2) is 11.4 Å². The first-order chi connectivity index (χ1) is 11.1. The number of hydrogen-bond acceptors (Lipinski definition) is 5. The number of halogens is 2. The third-order valence-corrected chi connectivity index (χ3v) is 4.11. The Morgan fingerprint density at radius 2 is 2.17 bits per heavy atom. The summed E-state index contributed by atoms with van der Waals surface area (Å²) in [5, 5.41) is 0.610. The van der Waals surface area contributed by atoms with Crippen LogP contribution in [0, 0.1) is 5.82 Å². The Bertz CT molecular complexity index is 970. The number of pyridine rings is 1. The molecule has 0 saturated carbocycles. The molecular weight excluding hydrogens is 341 g/mol. The Morgan fingerprint density at radius 1 is 1.39 bits per heavy atom. The van der Waals surface area contributed by atoms with Crippen LogP contribution in [0.5, 0.6) is 0 Å². The molecule has 0 amide bonds. The van der Waals surface area contributed by atoms with Gasteiger partial charge < -0.3 is 0 Å². The van der Waals surface area contributed by atoms with E-state index < -0.39 is 11.4 Å². The number of thioether (sulfide) groups is 1. The molecule has 8 heteroatoms. The Balaban J connectivity index is 2.43. The summed E-state index contributed by atoms with van der Waals surface area (Å²) >= 11 is 7.29. The van der Waals surface area contributed by atoms with Crippen LogP contribution in [0.1, 0.15) is 10.4 Å². The average molecular weight is 350 g/mol. The lowest BCUT2D eigenvalue weighted by atomic mass is 10.2. The summed E-state index contributed by atoms with van der Waals surface area (Å²) < 4.78 is 15.1. The summed E-state index contributed by atoms with van der Waals surface area (Å²) in [5.41, 5.74) is -0.284. The van der Waals surface area contributed by atoms with E-state index in [-0.39, 0.29) is 27.2 Å². The van der Waals surface area contributed by atoms with Crippen molar-refractivity contribution in [1.29, 1.82) is 0 Å². The monoisotopic (exact) mass is 349 g/mol. The van der Waals surface area contributed by atoms with Crippen LogP contribution in [0.25, 0.3) is 16.6 Å². The van der Waals surface area contributed by atoms with E-state index >= 15 is 0 Å². The van der Waals surface area contributed by atoms with Gasteiger partial charge >= 0.3 is 0 Å². The second-order valence-electron chi connectivity index (χ2n) is 4.57. The number of hydrogen-bond donors (Lipinski definition) is 0. The molecule has 0 aliphatic heterocycles. The van der Waals surface area contributed by atoms with Gasteiger partial charge in [0.25, 0.3) is 5.56 Å². The van der Waals surface area contributed by atoms with E-state index in [0.29, 0.717) is 11.4 Å². The number of rotatable bonds is 3. The van der Waals surface area contributed by atoms with E-state index in [1.54, 1.807) is 6.26 Å². The zero-order chi connectivity index (χ0) is 16.6. The number of nitrogens with zero attached hydrogens (tertiary/aromatic N) is 3. The third kappa shape index (κ3) is 2.62. The van der Waals surface area contributed by atoms with E-state index in [0.717, 1.165) is 4.57 Å². The molecule has 3 rings (SSSR count). The van der Waals surface area contributed by atoms with E-state index in [1.165, 1.54) is 42.4 Å². The lowest BCUT2D eigenvalue weighted by molar-refractivity contribution is 0.112. The number of aromatic nitrogens is 3. The molecule has 5 nitrogen and oxygen atoms in total. The fourth-order valence-corrected chi connectivity index (χ4v) is 2.80. The molecule has 116 valence electrons. The van der Waals surface area contributed by atoms with Crippen molar-refractivity contribution in [2.75, 3.05) is 6.26 Å². The van der Waals surface area contributed by atoms with Crippen LogP contribution in [-0.2, 0) is 0 Å². The molecular formula is C15H9ClFN3O2S. The largest absolute Gasteiger partial charge is 0.298 e. The third-order valence-electron chi connectivity index (χ3n) is 3.25. The quantitative estimate of drug-likeness (QED) is 0.413. The van der Waals surface area contributed by atoms with Crippen molar-refractivity contribution in [1.82, 2.24) is 14.5 Å². The van der Waals surface area contributed by atoms with Crippen LogP contribution in [0.15, 0.2) is 40.5 Å². The predicted molar refractivity (Wildman–Crippen MR) is 87.3 cm³/mol. The standard InChI is InChI=1S/C15H9ClFN3O2S/c1-23-15-18-5-9-12(19-15)8(7-21)6-20(14(9)22)13-10(16)3-2-4-11(13)17/h2-7H,1H3. The first-order valence-electron chi connectivity index (χ1n) is 6.42. The van der Waals surface area contributed by atoms with Crippen molar-refractivity contribution in [3.05, 3.63) is 57.3 Å². The van der Waals surface area contributed by atoms with E-state index in [4.69, 9.17) is 11.6 Å². The van der Waals surface area contributed by atoms with Crippen molar-refractivity contribution in [3.63, 3.8) is 0 Å². The Labute approximate surface area is 139 Å². The SMILES string of the molecule is CSc1ncc2c(=O)n(-c3c(F)cccc3Cl)cc(C=O)c2n1. The molecule has 2 heterocycles. The maximum atomic E-state index is 14.1. The first-order valence-corrected chi connectivity index (χ1v) is 8.03. The van der Waals surface area contributed by atoms with Crippen LogP contribution in [-0.4, -0.2) is 27.1 Å². The second-order valence-corrected chi connectivity index (χ2v) is 5.75. The number of carbonyl (C=O) groups excluding carboxylic acids is 1. The summed E-state index contributed by atoms with van der Waals surface area (Å²) in [4.78, 5) is 32.2. The first kappa shape index (κ1) is 15.6. The van der Waals surface area contributed by atoms with E-state index in [1.807, 2.05) is 0 Å². The zero-order valence-electron chi connectivity index (χ0n) is 11.8. The topological polar surface area (TPSA) is 64.8 Å². The van der Waals surface area contributed by atoms with Gasteiger partial charge in [-0.2, -0.15) is 0 Å². The zero-order valence-corrected chi connectivity index (χ0v) is 13.4. The average Bonchev–Trinajstić information content (AvgIpc) is 2.56. The molecule has 0 bridgehead atoms. The van der Waals surface area contributed by atoms with Gasteiger partial charge in [-0.05, 0) is 18.4 Å². The Hall–Kier alpha value is -2.25. The maximum Gasteiger partial charge on any atom is 0.266 e.